The molecule has 96 valence electrons. The smallest absolute Gasteiger partial charge is 0.165 e. The zero-order chi connectivity index (χ0) is 12.5. The van der Waals surface area contributed by atoms with E-state index in [1.54, 1.807) is 0 Å². The van der Waals surface area contributed by atoms with Gasteiger partial charge in [-0.3, -0.25) is 0 Å². The molecule has 2 atom stereocenters. The second-order valence-corrected chi connectivity index (χ2v) is 5.16. The first kappa shape index (κ1) is 12.4. The maximum atomic E-state index is 5.64. The number of ether oxygens (including phenoxy) is 1. The van der Waals surface area contributed by atoms with Gasteiger partial charge >= 0.3 is 0 Å². The Morgan fingerprint density at radius 3 is 2.94 bits per heavy atom. The lowest BCUT2D eigenvalue weighted by atomic mass is 9.95. The van der Waals surface area contributed by atoms with E-state index >= 15 is 0 Å². The summed E-state index contributed by atoms with van der Waals surface area (Å²) in [6.45, 7) is 9.91. The summed E-state index contributed by atoms with van der Waals surface area (Å²) in [5.74, 6) is 0.874. The molecule has 0 aliphatic carbocycles. The van der Waals surface area contributed by atoms with Crippen molar-refractivity contribution in [2.45, 2.75) is 58.3 Å². The second kappa shape index (κ2) is 4.70. The molecule has 6 heteroatoms. The molecule has 0 radical (unpaired) electrons. The number of nitrogens with one attached hydrogen (secondary N) is 1. The molecule has 0 saturated carbocycles. The lowest BCUT2D eigenvalue weighted by Crippen LogP contribution is -2.40. The number of nitrogens with zero attached hydrogens (tertiary/aromatic N) is 4. The van der Waals surface area contributed by atoms with Gasteiger partial charge in [0, 0.05) is 12.6 Å². The van der Waals surface area contributed by atoms with Crippen LogP contribution in [0.4, 0.5) is 0 Å². The van der Waals surface area contributed by atoms with Crippen molar-refractivity contribution in [3.05, 3.63) is 5.82 Å². The molecule has 1 aliphatic heterocycles. The van der Waals surface area contributed by atoms with E-state index < -0.39 is 0 Å². The molecule has 1 N–H and O–H groups in total. The zero-order valence-electron chi connectivity index (χ0n) is 11.0. The Morgan fingerprint density at radius 2 is 2.35 bits per heavy atom. The largest absolute Gasteiger partial charge is 0.376 e. The van der Waals surface area contributed by atoms with Crippen LogP contribution in [0.15, 0.2) is 0 Å². The van der Waals surface area contributed by atoms with E-state index in [4.69, 9.17) is 4.74 Å². The van der Waals surface area contributed by atoms with Crippen molar-refractivity contribution in [3.63, 3.8) is 0 Å². The van der Waals surface area contributed by atoms with Gasteiger partial charge in [-0.25, -0.2) is 4.68 Å². The Bertz CT molecular complexity index is 378. The molecule has 0 aromatic carbocycles. The summed E-state index contributed by atoms with van der Waals surface area (Å²) < 4.78 is 7.55. The van der Waals surface area contributed by atoms with Crippen LogP contribution in [-0.4, -0.2) is 39.0 Å². The molecule has 17 heavy (non-hydrogen) atoms. The molecular formula is C11H21N5O. The Morgan fingerprint density at radius 1 is 1.59 bits per heavy atom. The maximum absolute atomic E-state index is 5.64. The van der Waals surface area contributed by atoms with Gasteiger partial charge in [-0.2, -0.15) is 0 Å². The monoisotopic (exact) mass is 239 g/mol. The molecule has 0 spiro atoms. The standard InChI is InChI=1S/C11H21N5O/c1-8(2)12-7-10-13-14-15-16(10)11(4)5-6-17-9(11)3/h8-9,12H,5-7H2,1-4H3. The van der Waals surface area contributed by atoms with Crippen LogP contribution in [0.3, 0.4) is 0 Å². The van der Waals surface area contributed by atoms with Crippen LogP contribution in [0.2, 0.25) is 0 Å². The van der Waals surface area contributed by atoms with Gasteiger partial charge in [0.25, 0.3) is 0 Å². The summed E-state index contributed by atoms with van der Waals surface area (Å²) in [6, 6.07) is 0.421. The average Bonchev–Trinajstić information content (AvgIpc) is 2.85. The van der Waals surface area contributed by atoms with Gasteiger partial charge in [0.05, 0.1) is 18.2 Å². The third kappa shape index (κ3) is 2.32. The number of rotatable bonds is 4. The highest BCUT2D eigenvalue weighted by Gasteiger charge is 2.41. The number of tetrazole rings is 1. The first-order valence-electron chi connectivity index (χ1n) is 6.17. The summed E-state index contributed by atoms with van der Waals surface area (Å²) in [5, 5.41) is 15.4. The fourth-order valence-corrected chi connectivity index (χ4v) is 2.11. The van der Waals surface area contributed by atoms with E-state index in [0.29, 0.717) is 12.6 Å². The summed E-state index contributed by atoms with van der Waals surface area (Å²) in [6.07, 6.45) is 1.09. The summed E-state index contributed by atoms with van der Waals surface area (Å²) in [5.41, 5.74) is -0.127. The molecule has 0 bridgehead atoms. The minimum absolute atomic E-state index is 0.127. The average molecular weight is 239 g/mol. The fraction of sp³-hybridized carbons (Fsp3) is 0.909. The first-order chi connectivity index (χ1) is 8.04. The molecule has 6 nitrogen and oxygen atoms in total. The van der Waals surface area contributed by atoms with Crippen LogP contribution in [-0.2, 0) is 16.8 Å². The lowest BCUT2D eigenvalue weighted by Gasteiger charge is -2.28. The van der Waals surface area contributed by atoms with E-state index in [1.807, 2.05) is 4.68 Å². The van der Waals surface area contributed by atoms with Crippen LogP contribution < -0.4 is 5.32 Å². The minimum Gasteiger partial charge on any atom is -0.376 e. The van der Waals surface area contributed by atoms with Crippen molar-refractivity contribution in [1.82, 2.24) is 25.5 Å². The van der Waals surface area contributed by atoms with Gasteiger partial charge in [0.15, 0.2) is 5.82 Å². The quantitative estimate of drug-likeness (QED) is 0.837. The van der Waals surface area contributed by atoms with E-state index in [2.05, 4.69) is 48.5 Å². The number of hydrogen-bond donors (Lipinski definition) is 1. The second-order valence-electron chi connectivity index (χ2n) is 5.16. The summed E-state index contributed by atoms with van der Waals surface area (Å²) in [4.78, 5) is 0. The Kier molecular flexibility index (Phi) is 3.44. The Hall–Kier alpha value is -1.01. The molecular weight excluding hydrogens is 218 g/mol. The van der Waals surface area contributed by atoms with Crippen molar-refractivity contribution >= 4 is 0 Å². The van der Waals surface area contributed by atoms with Crippen molar-refractivity contribution in [2.75, 3.05) is 6.61 Å². The highest BCUT2D eigenvalue weighted by Crippen LogP contribution is 2.32. The number of aromatic nitrogens is 4. The van der Waals surface area contributed by atoms with Crippen LogP contribution >= 0.6 is 0 Å². The SMILES string of the molecule is CC(C)NCc1nnnn1C1(C)CCOC1C. The van der Waals surface area contributed by atoms with E-state index in [-0.39, 0.29) is 11.6 Å². The third-order valence-corrected chi connectivity index (χ3v) is 3.54. The van der Waals surface area contributed by atoms with Crippen molar-refractivity contribution in [3.8, 4) is 0 Å². The molecule has 1 saturated heterocycles. The minimum atomic E-state index is -0.127. The van der Waals surface area contributed by atoms with Crippen molar-refractivity contribution < 1.29 is 4.74 Å². The van der Waals surface area contributed by atoms with Crippen LogP contribution in [0.1, 0.15) is 39.9 Å². The highest BCUT2D eigenvalue weighted by atomic mass is 16.5. The lowest BCUT2D eigenvalue weighted by molar-refractivity contribution is 0.0683. The molecule has 2 rings (SSSR count). The maximum Gasteiger partial charge on any atom is 0.165 e. The molecule has 1 aliphatic rings. The van der Waals surface area contributed by atoms with Gasteiger partial charge in [-0.1, -0.05) is 13.8 Å². The molecule has 0 amide bonds. The molecule has 1 aromatic rings. The predicted octanol–water partition coefficient (Wildman–Crippen LogP) is 0.695. The fourth-order valence-electron chi connectivity index (χ4n) is 2.11. The Balaban J connectivity index is 2.18. The molecule has 2 unspecified atom stereocenters. The molecule has 2 heterocycles. The molecule has 1 aromatic heterocycles. The first-order valence-corrected chi connectivity index (χ1v) is 6.17. The van der Waals surface area contributed by atoms with Crippen molar-refractivity contribution in [2.24, 2.45) is 0 Å². The highest BCUT2D eigenvalue weighted by molar-refractivity contribution is 4.96. The third-order valence-electron chi connectivity index (χ3n) is 3.54. The summed E-state index contributed by atoms with van der Waals surface area (Å²) in [7, 11) is 0. The predicted molar refractivity (Wildman–Crippen MR) is 63.5 cm³/mol. The van der Waals surface area contributed by atoms with Gasteiger partial charge in [0.2, 0.25) is 0 Å². The molecule has 1 fully saturated rings. The van der Waals surface area contributed by atoms with E-state index in [9.17, 15) is 0 Å². The van der Waals surface area contributed by atoms with Crippen LogP contribution in [0, 0.1) is 0 Å². The van der Waals surface area contributed by atoms with Crippen LogP contribution in [0.25, 0.3) is 0 Å². The summed E-state index contributed by atoms with van der Waals surface area (Å²) >= 11 is 0. The van der Waals surface area contributed by atoms with Crippen molar-refractivity contribution in [1.29, 1.82) is 0 Å². The van der Waals surface area contributed by atoms with Gasteiger partial charge in [-0.05, 0) is 30.7 Å². The van der Waals surface area contributed by atoms with E-state index in [1.165, 1.54) is 0 Å². The Labute approximate surface area is 102 Å². The van der Waals surface area contributed by atoms with E-state index in [0.717, 1.165) is 18.9 Å². The normalized spacial score (nSPS) is 29.1. The van der Waals surface area contributed by atoms with Gasteiger partial charge in [-0.15, -0.1) is 5.10 Å². The van der Waals surface area contributed by atoms with Crippen LogP contribution in [0.5, 0.6) is 0 Å². The zero-order valence-corrected chi connectivity index (χ0v) is 11.0. The van der Waals surface area contributed by atoms with Gasteiger partial charge < -0.3 is 10.1 Å². The number of hydrogen-bond acceptors (Lipinski definition) is 5. The van der Waals surface area contributed by atoms with Gasteiger partial charge in [0.1, 0.15) is 0 Å². The topological polar surface area (TPSA) is 64.9 Å².